The molecule has 27 heavy (non-hydrogen) atoms. The summed E-state index contributed by atoms with van der Waals surface area (Å²) < 4.78 is 29.6. The number of fused-ring (bicyclic) bond motifs is 1. The smallest absolute Gasteiger partial charge is 0.369 e. The molecule has 0 atom stereocenters. The highest BCUT2D eigenvalue weighted by molar-refractivity contribution is 5.85. The molecule has 0 bridgehead atoms. The van der Waals surface area contributed by atoms with E-state index < -0.39 is 22.9 Å². The molecule has 142 valence electrons. The number of benzene rings is 2. The molecule has 0 spiro atoms. The SMILES string of the molecule is Cl.O=c1c2cc(F)c(N3CCCC3)cc2n(-c2ccccc2F)c(=O)n1O. The fraction of sp³-hybridized carbons (Fsp3) is 0.222. The average molecular weight is 396 g/mol. The topological polar surface area (TPSA) is 67.5 Å². The van der Waals surface area contributed by atoms with Gasteiger partial charge in [-0.2, -0.15) is 0 Å². The predicted octanol–water partition coefficient (Wildman–Crippen LogP) is 2.69. The van der Waals surface area contributed by atoms with Gasteiger partial charge in [0.1, 0.15) is 11.6 Å². The maximum Gasteiger partial charge on any atom is 0.369 e. The zero-order valence-electron chi connectivity index (χ0n) is 14.1. The average Bonchev–Trinajstić information content (AvgIpc) is 3.16. The summed E-state index contributed by atoms with van der Waals surface area (Å²) in [5.41, 5.74) is -2.02. The molecule has 0 radical (unpaired) electrons. The third-order valence-electron chi connectivity index (χ3n) is 4.64. The van der Waals surface area contributed by atoms with Crippen molar-refractivity contribution in [1.82, 2.24) is 9.30 Å². The second-order valence-electron chi connectivity index (χ2n) is 6.20. The second-order valence-corrected chi connectivity index (χ2v) is 6.20. The van der Waals surface area contributed by atoms with Crippen LogP contribution in [0.3, 0.4) is 0 Å². The Morgan fingerprint density at radius 1 is 0.926 bits per heavy atom. The molecule has 1 aromatic heterocycles. The number of hydrogen-bond acceptors (Lipinski definition) is 4. The molecule has 9 heteroatoms. The molecule has 0 saturated carbocycles. The Hall–Kier alpha value is -2.87. The summed E-state index contributed by atoms with van der Waals surface area (Å²) in [7, 11) is 0. The molecule has 3 aromatic rings. The number of halogens is 3. The molecule has 0 aliphatic carbocycles. The van der Waals surface area contributed by atoms with Gasteiger partial charge in [-0.05, 0) is 37.1 Å². The minimum absolute atomic E-state index is 0. The summed E-state index contributed by atoms with van der Waals surface area (Å²) >= 11 is 0. The van der Waals surface area contributed by atoms with Crippen molar-refractivity contribution < 1.29 is 14.0 Å². The first kappa shape index (κ1) is 18.9. The molecule has 4 rings (SSSR count). The van der Waals surface area contributed by atoms with E-state index in [0.717, 1.165) is 29.5 Å². The van der Waals surface area contributed by atoms with Crippen LogP contribution in [0, 0.1) is 11.6 Å². The molecule has 1 aliphatic rings. The van der Waals surface area contributed by atoms with Crippen molar-refractivity contribution in [3.05, 3.63) is 68.9 Å². The maximum absolute atomic E-state index is 14.6. The summed E-state index contributed by atoms with van der Waals surface area (Å²) in [4.78, 5) is 26.5. The molecule has 6 nitrogen and oxygen atoms in total. The van der Waals surface area contributed by atoms with Gasteiger partial charge in [0.15, 0.2) is 0 Å². The van der Waals surface area contributed by atoms with Crippen molar-refractivity contribution in [2.45, 2.75) is 12.8 Å². The lowest BCUT2D eigenvalue weighted by Crippen LogP contribution is -2.38. The van der Waals surface area contributed by atoms with E-state index in [-0.39, 0.29) is 39.4 Å². The first-order valence-electron chi connectivity index (χ1n) is 8.19. The molecule has 2 aromatic carbocycles. The molecular formula is C18H16ClF2N3O3. The van der Waals surface area contributed by atoms with Crippen LogP contribution in [0.4, 0.5) is 14.5 Å². The van der Waals surface area contributed by atoms with E-state index in [0.29, 0.717) is 13.1 Å². The summed E-state index contributed by atoms with van der Waals surface area (Å²) in [5.74, 6) is -1.34. The van der Waals surface area contributed by atoms with Crippen LogP contribution in [0.5, 0.6) is 0 Å². The number of aromatic nitrogens is 2. The molecule has 2 heterocycles. The first-order valence-corrected chi connectivity index (χ1v) is 8.19. The predicted molar refractivity (Wildman–Crippen MR) is 99.6 cm³/mol. The monoisotopic (exact) mass is 395 g/mol. The Kier molecular flexibility index (Phi) is 4.93. The number of nitrogens with zero attached hydrogens (tertiary/aromatic N) is 3. The molecule has 1 aliphatic heterocycles. The fourth-order valence-corrected chi connectivity index (χ4v) is 3.37. The van der Waals surface area contributed by atoms with Crippen LogP contribution in [0.2, 0.25) is 0 Å². The lowest BCUT2D eigenvalue weighted by Gasteiger charge is -2.20. The highest BCUT2D eigenvalue weighted by Crippen LogP contribution is 2.28. The number of rotatable bonds is 2. The highest BCUT2D eigenvalue weighted by atomic mass is 35.5. The Morgan fingerprint density at radius 3 is 2.26 bits per heavy atom. The Morgan fingerprint density at radius 2 is 1.59 bits per heavy atom. The van der Waals surface area contributed by atoms with E-state index in [9.17, 15) is 23.6 Å². The van der Waals surface area contributed by atoms with Crippen LogP contribution in [0.15, 0.2) is 46.0 Å². The lowest BCUT2D eigenvalue weighted by molar-refractivity contribution is 0.160. The Balaban J connectivity index is 0.00000210. The minimum atomic E-state index is -1.12. The van der Waals surface area contributed by atoms with Gasteiger partial charge in [0.05, 0.1) is 22.3 Å². The standard InChI is InChI=1S/C18H15F2N3O3.ClH/c19-12-5-1-2-6-14(12)22-15-10-16(21-7-3-4-8-21)13(20)9-11(15)17(24)23(26)18(22)25;/h1-2,5-6,9-10,26H,3-4,7-8H2;1H. The molecular weight excluding hydrogens is 380 g/mol. The third kappa shape index (κ3) is 2.95. The van der Waals surface area contributed by atoms with Crippen molar-refractivity contribution in [1.29, 1.82) is 0 Å². The Labute approximate surface area is 158 Å². The maximum atomic E-state index is 14.6. The van der Waals surface area contributed by atoms with Crippen LogP contribution in [0.1, 0.15) is 12.8 Å². The van der Waals surface area contributed by atoms with Gasteiger partial charge in [0.25, 0.3) is 5.56 Å². The summed E-state index contributed by atoms with van der Waals surface area (Å²) in [6, 6.07) is 7.83. The number of anilines is 1. The van der Waals surface area contributed by atoms with Gasteiger partial charge in [0.2, 0.25) is 0 Å². The third-order valence-corrected chi connectivity index (χ3v) is 4.64. The second kappa shape index (κ2) is 7.03. The van der Waals surface area contributed by atoms with Crippen molar-refractivity contribution in [3.63, 3.8) is 0 Å². The minimum Gasteiger partial charge on any atom is -0.421 e. The largest absolute Gasteiger partial charge is 0.421 e. The molecule has 1 fully saturated rings. The lowest BCUT2D eigenvalue weighted by atomic mass is 10.1. The summed E-state index contributed by atoms with van der Waals surface area (Å²) in [5, 5.41) is 9.61. The quantitative estimate of drug-likeness (QED) is 0.677. The van der Waals surface area contributed by atoms with E-state index in [1.54, 1.807) is 0 Å². The molecule has 0 amide bonds. The van der Waals surface area contributed by atoms with Crippen LogP contribution in [-0.4, -0.2) is 27.6 Å². The van der Waals surface area contributed by atoms with Crippen molar-refractivity contribution in [3.8, 4) is 5.69 Å². The van der Waals surface area contributed by atoms with E-state index in [1.165, 1.54) is 24.3 Å². The van der Waals surface area contributed by atoms with Crippen LogP contribution in [-0.2, 0) is 0 Å². The molecule has 0 unspecified atom stereocenters. The number of para-hydroxylation sites is 1. The van der Waals surface area contributed by atoms with Gasteiger partial charge in [-0.25, -0.2) is 13.6 Å². The van der Waals surface area contributed by atoms with E-state index in [2.05, 4.69) is 0 Å². The number of hydrogen-bond donors (Lipinski definition) is 1. The summed E-state index contributed by atoms with van der Waals surface area (Å²) in [6.45, 7) is 1.31. The van der Waals surface area contributed by atoms with Gasteiger partial charge in [-0.3, -0.25) is 9.36 Å². The zero-order chi connectivity index (χ0) is 18.4. The van der Waals surface area contributed by atoms with Gasteiger partial charge in [-0.1, -0.05) is 16.9 Å². The van der Waals surface area contributed by atoms with Gasteiger partial charge < -0.3 is 10.1 Å². The van der Waals surface area contributed by atoms with Crippen LogP contribution >= 0.6 is 12.4 Å². The van der Waals surface area contributed by atoms with Gasteiger partial charge in [-0.15, -0.1) is 12.4 Å². The van der Waals surface area contributed by atoms with E-state index in [1.807, 2.05) is 4.90 Å². The van der Waals surface area contributed by atoms with Gasteiger partial charge in [0, 0.05) is 13.1 Å². The van der Waals surface area contributed by atoms with E-state index >= 15 is 0 Å². The first-order chi connectivity index (χ1) is 12.5. The summed E-state index contributed by atoms with van der Waals surface area (Å²) in [6.07, 6.45) is 1.83. The normalized spacial score (nSPS) is 13.8. The highest BCUT2D eigenvalue weighted by Gasteiger charge is 2.22. The van der Waals surface area contributed by atoms with Crippen LogP contribution in [0.25, 0.3) is 16.6 Å². The van der Waals surface area contributed by atoms with Crippen LogP contribution < -0.4 is 16.1 Å². The Bertz CT molecular complexity index is 1140. The van der Waals surface area contributed by atoms with Crippen molar-refractivity contribution >= 4 is 29.0 Å². The van der Waals surface area contributed by atoms with Crippen molar-refractivity contribution in [2.75, 3.05) is 18.0 Å². The zero-order valence-corrected chi connectivity index (χ0v) is 14.9. The molecule has 1 N–H and O–H groups in total. The van der Waals surface area contributed by atoms with E-state index in [4.69, 9.17) is 0 Å². The fourth-order valence-electron chi connectivity index (χ4n) is 3.37. The van der Waals surface area contributed by atoms with Gasteiger partial charge >= 0.3 is 5.69 Å². The van der Waals surface area contributed by atoms with Crippen molar-refractivity contribution in [2.24, 2.45) is 0 Å². The molecule has 1 saturated heterocycles.